The molecule has 0 fully saturated rings. The Morgan fingerprint density at radius 2 is 2.04 bits per heavy atom. The number of carbonyl (C=O) groups excluding carboxylic acids is 2. The molecule has 0 atom stereocenters. The van der Waals surface area contributed by atoms with E-state index in [1.165, 1.54) is 30.5 Å². The summed E-state index contributed by atoms with van der Waals surface area (Å²) in [5.41, 5.74) is -0.634. The molecule has 0 aliphatic heterocycles. The van der Waals surface area contributed by atoms with E-state index in [1.54, 1.807) is 19.1 Å². The van der Waals surface area contributed by atoms with Crippen molar-refractivity contribution in [1.82, 2.24) is 5.32 Å². The average Bonchev–Trinajstić information content (AvgIpc) is 3.09. The van der Waals surface area contributed by atoms with Crippen molar-refractivity contribution in [3.8, 4) is 5.75 Å². The number of benzene rings is 1. The van der Waals surface area contributed by atoms with Gasteiger partial charge in [0.1, 0.15) is 16.9 Å². The number of ether oxygens (including phenoxy) is 1. The third kappa shape index (κ3) is 3.05. The van der Waals surface area contributed by atoms with Gasteiger partial charge < -0.3 is 18.9 Å². The van der Waals surface area contributed by atoms with E-state index in [1.807, 2.05) is 0 Å². The first-order valence-electron chi connectivity index (χ1n) is 7.20. The Kier molecular flexibility index (Phi) is 4.15. The van der Waals surface area contributed by atoms with Crippen LogP contribution >= 0.6 is 0 Å². The van der Waals surface area contributed by atoms with Gasteiger partial charge >= 0.3 is 11.6 Å². The molecule has 3 aromatic rings. The maximum absolute atomic E-state index is 11.9. The summed E-state index contributed by atoms with van der Waals surface area (Å²) < 4.78 is 15.2. The predicted octanol–water partition coefficient (Wildman–Crippen LogP) is 2.35. The normalized spacial score (nSPS) is 10.5. The van der Waals surface area contributed by atoms with Crippen LogP contribution in [0.2, 0.25) is 0 Å². The second-order valence-electron chi connectivity index (χ2n) is 4.87. The van der Waals surface area contributed by atoms with Gasteiger partial charge in [-0.3, -0.25) is 4.79 Å². The fraction of sp³-hybridized carbons (Fsp3) is 0.118. The average molecular weight is 327 g/mol. The van der Waals surface area contributed by atoms with Crippen LogP contribution in [-0.4, -0.2) is 18.4 Å². The second kappa shape index (κ2) is 6.41. The van der Waals surface area contributed by atoms with Crippen LogP contribution in [0.15, 0.2) is 56.3 Å². The molecule has 0 spiro atoms. The van der Waals surface area contributed by atoms with E-state index >= 15 is 0 Å². The van der Waals surface area contributed by atoms with Gasteiger partial charge in [-0.1, -0.05) is 0 Å². The monoisotopic (exact) mass is 327 g/mol. The summed E-state index contributed by atoms with van der Waals surface area (Å²) in [6, 6.07) is 9.00. The highest BCUT2D eigenvalue weighted by molar-refractivity contribution is 5.96. The van der Waals surface area contributed by atoms with Gasteiger partial charge in [0.25, 0.3) is 5.91 Å². The van der Waals surface area contributed by atoms with Crippen LogP contribution in [0.4, 0.5) is 0 Å². The van der Waals surface area contributed by atoms with E-state index < -0.39 is 17.5 Å². The Morgan fingerprint density at radius 1 is 1.21 bits per heavy atom. The van der Waals surface area contributed by atoms with Gasteiger partial charge in [0.2, 0.25) is 5.76 Å². The lowest BCUT2D eigenvalue weighted by atomic mass is 10.1. The van der Waals surface area contributed by atoms with E-state index in [9.17, 15) is 14.4 Å². The van der Waals surface area contributed by atoms with Gasteiger partial charge in [0.05, 0.1) is 6.26 Å². The molecule has 0 radical (unpaired) electrons. The molecule has 7 nitrogen and oxygen atoms in total. The number of amides is 1. The molecule has 24 heavy (non-hydrogen) atoms. The zero-order valence-corrected chi connectivity index (χ0v) is 12.7. The van der Waals surface area contributed by atoms with Crippen molar-refractivity contribution in [2.24, 2.45) is 0 Å². The number of hydrogen-bond donors (Lipinski definition) is 1. The maximum Gasteiger partial charge on any atom is 0.379 e. The molecular formula is C17H13NO6. The molecule has 1 N–H and O–H groups in total. The first-order chi connectivity index (χ1) is 11.6. The molecule has 2 heterocycles. The van der Waals surface area contributed by atoms with Crippen LogP contribution in [0.25, 0.3) is 11.0 Å². The van der Waals surface area contributed by atoms with Crippen molar-refractivity contribution in [3.05, 3.63) is 64.4 Å². The molecule has 0 aliphatic carbocycles. The molecular weight excluding hydrogens is 314 g/mol. The van der Waals surface area contributed by atoms with E-state index in [0.29, 0.717) is 11.9 Å². The molecule has 1 aromatic carbocycles. The molecule has 122 valence electrons. The lowest BCUT2D eigenvalue weighted by molar-refractivity contribution is 0.0701. The van der Waals surface area contributed by atoms with Crippen molar-refractivity contribution in [2.45, 2.75) is 6.92 Å². The molecule has 0 saturated heterocycles. The lowest BCUT2D eigenvalue weighted by Gasteiger charge is -2.05. The molecule has 0 saturated carbocycles. The number of nitrogens with one attached hydrogen (secondary N) is 1. The number of esters is 1. The summed E-state index contributed by atoms with van der Waals surface area (Å²) in [6.45, 7) is 2.15. The summed E-state index contributed by atoms with van der Waals surface area (Å²) in [7, 11) is 0. The first-order valence-corrected chi connectivity index (χ1v) is 7.20. The van der Waals surface area contributed by atoms with Crippen LogP contribution in [0, 0.1) is 0 Å². The topological polar surface area (TPSA) is 98.8 Å². The van der Waals surface area contributed by atoms with Crippen molar-refractivity contribution >= 4 is 22.8 Å². The third-order valence-corrected chi connectivity index (χ3v) is 3.22. The number of rotatable bonds is 4. The van der Waals surface area contributed by atoms with E-state index in [2.05, 4.69) is 5.32 Å². The summed E-state index contributed by atoms with van der Waals surface area (Å²) in [5.74, 6) is -0.914. The Labute approximate surface area is 135 Å². The first kappa shape index (κ1) is 15.5. The minimum atomic E-state index is -0.761. The Morgan fingerprint density at radius 3 is 2.75 bits per heavy atom. The minimum Gasteiger partial charge on any atom is -0.457 e. The zero-order valence-electron chi connectivity index (χ0n) is 12.7. The Hall–Kier alpha value is -3.35. The number of fused-ring (bicyclic) bond motifs is 1. The van der Waals surface area contributed by atoms with Gasteiger partial charge in [0, 0.05) is 18.0 Å². The summed E-state index contributed by atoms with van der Waals surface area (Å²) in [6.07, 6.45) is 1.36. The number of furan rings is 1. The standard InChI is InChI=1S/C17H13NO6/c1-2-18-15(19)12-8-10-5-6-11(9-14(10)24-16(12)20)23-17(21)13-4-3-7-22-13/h3-9H,2H2,1H3,(H,18,19). The van der Waals surface area contributed by atoms with Gasteiger partial charge in [-0.25, -0.2) is 9.59 Å². The van der Waals surface area contributed by atoms with Crippen LogP contribution in [0.5, 0.6) is 5.75 Å². The van der Waals surface area contributed by atoms with Gasteiger partial charge in [0.15, 0.2) is 0 Å². The highest BCUT2D eigenvalue weighted by atomic mass is 16.5. The fourth-order valence-electron chi connectivity index (χ4n) is 2.12. The summed E-state index contributed by atoms with van der Waals surface area (Å²) >= 11 is 0. The SMILES string of the molecule is CCNC(=O)c1cc2ccc(OC(=O)c3ccco3)cc2oc1=O. The van der Waals surface area contributed by atoms with E-state index in [0.717, 1.165) is 0 Å². The summed E-state index contributed by atoms with van der Waals surface area (Å²) in [5, 5.41) is 3.08. The van der Waals surface area contributed by atoms with E-state index in [4.69, 9.17) is 13.6 Å². The van der Waals surface area contributed by atoms with Crippen molar-refractivity contribution in [2.75, 3.05) is 6.54 Å². The summed E-state index contributed by atoms with van der Waals surface area (Å²) in [4.78, 5) is 35.6. The molecule has 2 aromatic heterocycles. The third-order valence-electron chi connectivity index (χ3n) is 3.22. The van der Waals surface area contributed by atoms with Crippen LogP contribution in [-0.2, 0) is 0 Å². The van der Waals surface area contributed by atoms with Gasteiger partial charge in [-0.05, 0) is 37.3 Å². The predicted molar refractivity (Wildman–Crippen MR) is 84.2 cm³/mol. The van der Waals surface area contributed by atoms with E-state index in [-0.39, 0.29) is 22.7 Å². The zero-order chi connectivity index (χ0) is 17.1. The molecule has 1 amide bonds. The van der Waals surface area contributed by atoms with Crippen molar-refractivity contribution in [1.29, 1.82) is 0 Å². The van der Waals surface area contributed by atoms with Crippen molar-refractivity contribution < 1.29 is 23.2 Å². The van der Waals surface area contributed by atoms with Crippen LogP contribution in [0.1, 0.15) is 27.8 Å². The molecule has 0 unspecified atom stereocenters. The van der Waals surface area contributed by atoms with Crippen molar-refractivity contribution in [3.63, 3.8) is 0 Å². The smallest absolute Gasteiger partial charge is 0.379 e. The minimum absolute atomic E-state index is 0.0585. The largest absolute Gasteiger partial charge is 0.457 e. The lowest BCUT2D eigenvalue weighted by Crippen LogP contribution is -2.27. The molecule has 7 heteroatoms. The van der Waals surface area contributed by atoms with Gasteiger partial charge in [-0.2, -0.15) is 0 Å². The van der Waals surface area contributed by atoms with Gasteiger partial charge in [-0.15, -0.1) is 0 Å². The highest BCUT2D eigenvalue weighted by Gasteiger charge is 2.15. The van der Waals surface area contributed by atoms with Crippen LogP contribution in [0.3, 0.4) is 0 Å². The quantitative estimate of drug-likeness (QED) is 0.449. The Bertz CT molecular complexity index is 955. The number of hydrogen-bond acceptors (Lipinski definition) is 6. The number of carbonyl (C=O) groups is 2. The molecule has 3 rings (SSSR count). The maximum atomic E-state index is 11.9. The fourth-order valence-corrected chi connectivity index (χ4v) is 2.12. The Balaban J connectivity index is 1.92. The molecule has 0 aliphatic rings. The van der Waals surface area contributed by atoms with Crippen LogP contribution < -0.4 is 15.7 Å². The highest BCUT2D eigenvalue weighted by Crippen LogP contribution is 2.21. The molecule has 0 bridgehead atoms. The second-order valence-corrected chi connectivity index (χ2v) is 4.87.